The number of hydrogen-bond acceptors (Lipinski definition) is 3. The molecule has 4 nitrogen and oxygen atoms in total. The summed E-state index contributed by atoms with van der Waals surface area (Å²) in [6.45, 7) is 2.92. The summed E-state index contributed by atoms with van der Waals surface area (Å²) >= 11 is 12.2. The summed E-state index contributed by atoms with van der Waals surface area (Å²) in [5, 5.41) is 5.50. The van der Waals surface area contributed by atoms with Crippen molar-refractivity contribution in [1.29, 1.82) is 0 Å². The Balaban J connectivity index is 1.86. The average Bonchev–Trinajstić information content (AvgIpc) is 3.25. The zero-order valence-corrected chi connectivity index (χ0v) is 15.4. The van der Waals surface area contributed by atoms with Gasteiger partial charge in [0.25, 0.3) is 0 Å². The molecule has 1 aliphatic rings. The van der Waals surface area contributed by atoms with Crippen LogP contribution >= 0.6 is 23.8 Å². The van der Waals surface area contributed by atoms with Gasteiger partial charge in [-0.05, 0) is 62.4 Å². The third-order valence-corrected chi connectivity index (χ3v) is 5.22. The van der Waals surface area contributed by atoms with Crippen LogP contribution in [0.1, 0.15) is 12.8 Å². The van der Waals surface area contributed by atoms with E-state index in [0.29, 0.717) is 9.79 Å². The summed E-state index contributed by atoms with van der Waals surface area (Å²) < 4.78 is 4.60. The lowest BCUT2D eigenvalue weighted by Gasteiger charge is -2.13. The van der Waals surface area contributed by atoms with Gasteiger partial charge in [-0.1, -0.05) is 41.9 Å². The van der Waals surface area contributed by atoms with Crippen molar-refractivity contribution in [1.82, 2.24) is 19.2 Å². The second-order valence-electron chi connectivity index (χ2n) is 6.22. The van der Waals surface area contributed by atoms with E-state index in [2.05, 4.69) is 4.90 Å². The molecule has 1 aromatic heterocycles. The van der Waals surface area contributed by atoms with Gasteiger partial charge >= 0.3 is 0 Å². The van der Waals surface area contributed by atoms with Gasteiger partial charge in [0, 0.05) is 11.3 Å². The number of hydrogen-bond donors (Lipinski definition) is 0. The molecule has 0 spiro atoms. The summed E-state index contributed by atoms with van der Waals surface area (Å²) in [5.74, 6) is 0.779. The SMILES string of the molecule is S=c1n(CN2CCCC2)nc(-c2ccccc2Cl)n1-c1ccccc1. The fraction of sp³-hybridized carbons (Fsp3) is 0.263. The highest BCUT2D eigenvalue weighted by Crippen LogP contribution is 2.29. The summed E-state index contributed by atoms with van der Waals surface area (Å²) in [5.41, 5.74) is 1.88. The molecule has 0 atom stereocenters. The molecule has 128 valence electrons. The molecule has 4 rings (SSSR count). The van der Waals surface area contributed by atoms with Crippen LogP contribution in [0.4, 0.5) is 0 Å². The van der Waals surface area contributed by atoms with Crippen LogP contribution in [0, 0.1) is 4.77 Å². The second-order valence-corrected chi connectivity index (χ2v) is 7.00. The van der Waals surface area contributed by atoms with E-state index in [1.165, 1.54) is 12.8 Å². The van der Waals surface area contributed by atoms with Gasteiger partial charge < -0.3 is 0 Å². The van der Waals surface area contributed by atoms with Crippen molar-refractivity contribution in [2.45, 2.75) is 19.5 Å². The minimum absolute atomic E-state index is 0.674. The van der Waals surface area contributed by atoms with Crippen molar-refractivity contribution >= 4 is 23.8 Å². The quantitative estimate of drug-likeness (QED) is 0.618. The number of likely N-dealkylation sites (tertiary alicyclic amines) is 1. The molecule has 25 heavy (non-hydrogen) atoms. The fourth-order valence-corrected chi connectivity index (χ4v) is 3.75. The van der Waals surface area contributed by atoms with E-state index >= 15 is 0 Å². The highest BCUT2D eigenvalue weighted by atomic mass is 35.5. The molecular formula is C19H19ClN4S. The Morgan fingerprint density at radius 1 is 0.960 bits per heavy atom. The molecule has 1 fully saturated rings. The maximum atomic E-state index is 6.44. The van der Waals surface area contributed by atoms with Gasteiger partial charge in [-0.25, -0.2) is 4.68 Å². The minimum atomic E-state index is 0.674. The minimum Gasteiger partial charge on any atom is -0.284 e. The van der Waals surface area contributed by atoms with Crippen LogP contribution in [-0.2, 0) is 6.67 Å². The number of nitrogens with zero attached hydrogens (tertiary/aromatic N) is 4. The Hall–Kier alpha value is -1.95. The maximum absolute atomic E-state index is 6.44. The number of para-hydroxylation sites is 1. The molecular weight excluding hydrogens is 352 g/mol. The molecule has 0 unspecified atom stereocenters. The van der Waals surface area contributed by atoms with Crippen LogP contribution in [0.2, 0.25) is 5.02 Å². The average molecular weight is 371 g/mol. The molecule has 6 heteroatoms. The molecule has 0 N–H and O–H groups in total. The standard InChI is InChI=1S/C19H19ClN4S/c20-17-11-5-4-10-16(17)18-21-23(14-22-12-6-7-13-22)19(25)24(18)15-8-2-1-3-9-15/h1-5,8-11H,6-7,12-14H2. The first kappa shape index (κ1) is 16.5. The third-order valence-electron chi connectivity index (χ3n) is 4.50. The topological polar surface area (TPSA) is 26.0 Å². The van der Waals surface area contributed by atoms with Crippen molar-refractivity contribution in [2.24, 2.45) is 0 Å². The van der Waals surface area contributed by atoms with E-state index in [0.717, 1.165) is 36.8 Å². The molecule has 1 aliphatic heterocycles. The first-order valence-electron chi connectivity index (χ1n) is 8.46. The van der Waals surface area contributed by atoms with Gasteiger partial charge in [-0.3, -0.25) is 9.47 Å². The fourth-order valence-electron chi connectivity index (χ4n) is 3.24. The lowest BCUT2D eigenvalue weighted by molar-refractivity contribution is 0.253. The Labute approximate surface area is 157 Å². The van der Waals surface area contributed by atoms with Crippen LogP contribution in [0.3, 0.4) is 0 Å². The van der Waals surface area contributed by atoms with Crippen molar-refractivity contribution in [3.63, 3.8) is 0 Å². The first-order valence-corrected chi connectivity index (χ1v) is 9.25. The van der Waals surface area contributed by atoms with Gasteiger partial charge in [0.15, 0.2) is 5.82 Å². The van der Waals surface area contributed by atoms with Gasteiger partial charge in [0.2, 0.25) is 4.77 Å². The monoisotopic (exact) mass is 370 g/mol. The summed E-state index contributed by atoms with van der Waals surface area (Å²) in [6.07, 6.45) is 2.48. The molecule has 0 radical (unpaired) electrons. The van der Waals surface area contributed by atoms with Gasteiger partial charge in [0.05, 0.1) is 11.7 Å². The van der Waals surface area contributed by atoms with Gasteiger partial charge in [-0.2, -0.15) is 0 Å². The van der Waals surface area contributed by atoms with Crippen LogP contribution in [-0.4, -0.2) is 32.3 Å². The Morgan fingerprint density at radius 2 is 1.64 bits per heavy atom. The highest BCUT2D eigenvalue weighted by molar-refractivity contribution is 7.71. The molecule has 0 bridgehead atoms. The maximum Gasteiger partial charge on any atom is 0.204 e. The highest BCUT2D eigenvalue weighted by Gasteiger charge is 2.19. The molecule has 0 aliphatic carbocycles. The first-order chi connectivity index (χ1) is 12.2. The molecule has 2 heterocycles. The summed E-state index contributed by atoms with van der Waals surface area (Å²) in [6, 6.07) is 17.9. The molecule has 3 aromatic rings. The zero-order chi connectivity index (χ0) is 17.2. The Morgan fingerprint density at radius 3 is 2.36 bits per heavy atom. The van der Waals surface area contributed by atoms with Crippen LogP contribution in [0.15, 0.2) is 54.6 Å². The third kappa shape index (κ3) is 3.27. The van der Waals surface area contributed by atoms with Gasteiger partial charge in [-0.15, -0.1) is 5.10 Å². The number of aromatic nitrogens is 3. The van der Waals surface area contributed by atoms with Crippen molar-refractivity contribution < 1.29 is 0 Å². The largest absolute Gasteiger partial charge is 0.284 e. The normalized spacial score (nSPS) is 14.9. The van der Waals surface area contributed by atoms with Crippen LogP contribution in [0.5, 0.6) is 0 Å². The van der Waals surface area contributed by atoms with E-state index in [1.807, 2.05) is 63.8 Å². The van der Waals surface area contributed by atoms with Crippen molar-refractivity contribution in [3.8, 4) is 17.1 Å². The molecule has 0 amide bonds. The summed E-state index contributed by atoms with van der Waals surface area (Å²) in [7, 11) is 0. The van der Waals surface area contributed by atoms with E-state index in [-0.39, 0.29) is 0 Å². The lowest BCUT2D eigenvalue weighted by atomic mass is 10.2. The van der Waals surface area contributed by atoms with Gasteiger partial charge in [0.1, 0.15) is 0 Å². The predicted octanol–water partition coefficient (Wildman–Crippen LogP) is 4.78. The van der Waals surface area contributed by atoms with Crippen molar-refractivity contribution in [2.75, 3.05) is 13.1 Å². The van der Waals surface area contributed by atoms with E-state index in [4.69, 9.17) is 28.9 Å². The van der Waals surface area contributed by atoms with Crippen molar-refractivity contribution in [3.05, 3.63) is 64.4 Å². The number of halogens is 1. The van der Waals surface area contributed by atoms with Crippen LogP contribution < -0.4 is 0 Å². The molecule has 2 aromatic carbocycles. The Bertz CT molecular complexity index is 926. The second kappa shape index (κ2) is 7.12. The summed E-state index contributed by atoms with van der Waals surface area (Å²) in [4.78, 5) is 2.38. The molecule has 1 saturated heterocycles. The number of rotatable bonds is 4. The number of benzene rings is 2. The van der Waals surface area contributed by atoms with E-state index in [1.54, 1.807) is 0 Å². The van der Waals surface area contributed by atoms with E-state index in [9.17, 15) is 0 Å². The predicted molar refractivity (Wildman–Crippen MR) is 104 cm³/mol. The zero-order valence-electron chi connectivity index (χ0n) is 13.8. The Kier molecular flexibility index (Phi) is 4.70. The molecule has 0 saturated carbocycles. The lowest BCUT2D eigenvalue weighted by Crippen LogP contribution is -2.23. The van der Waals surface area contributed by atoms with Crippen LogP contribution in [0.25, 0.3) is 17.1 Å². The smallest absolute Gasteiger partial charge is 0.204 e. The van der Waals surface area contributed by atoms with E-state index < -0.39 is 0 Å².